The largest absolute Gasteiger partial charge is 0.361 e. The van der Waals surface area contributed by atoms with Gasteiger partial charge in [-0.1, -0.05) is 30.4 Å². The number of allylic oxidation sites excluding steroid dienone is 2. The quantitative estimate of drug-likeness (QED) is 0.929. The van der Waals surface area contributed by atoms with E-state index < -0.39 is 0 Å². The molecule has 3 heteroatoms. The predicted octanol–water partition coefficient (Wildman–Crippen LogP) is 3.68. The van der Waals surface area contributed by atoms with Gasteiger partial charge in [-0.25, -0.2) is 0 Å². The zero-order valence-electron chi connectivity index (χ0n) is 13.3. The van der Waals surface area contributed by atoms with Gasteiger partial charge in [0.1, 0.15) is 5.82 Å². The van der Waals surface area contributed by atoms with Crippen LogP contribution in [-0.4, -0.2) is 42.0 Å². The molecule has 4 rings (SSSR count). The Morgan fingerprint density at radius 3 is 2.86 bits per heavy atom. The Hall–Kier alpha value is -2.16. The average molecular weight is 293 g/mol. The van der Waals surface area contributed by atoms with E-state index in [0.717, 1.165) is 19.0 Å². The van der Waals surface area contributed by atoms with Gasteiger partial charge in [0, 0.05) is 43.7 Å². The van der Waals surface area contributed by atoms with Gasteiger partial charge in [-0.2, -0.15) is 0 Å². The van der Waals surface area contributed by atoms with Gasteiger partial charge in [0.25, 0.3) is 0 Å². The SMILES string of the molecule is CN1CC=CC(c2cc3ccccc3[nH]2)=C1N(C)CC1CC1. The van der Waals surface area contributed by atoms with Gasteiger partial charge in [0.15, 0.2) is 0 Å². The molecular weight excluding hydrogens is 270 g/mol. The maximum absolute atomic E-state index is 3.58. The number of benzene rings is 1. The molecule has 0 amide bonds. The molecule has 1 aromatic heterocycles. The minimum atomic E-state index is 0.890. The molecule has 0 radical (unpaired) electrons. The van der Waals surface area contributed by atoms with Crippen LogP contribution >= 0.6 is 0 Å². The van der Waals surface area contributed by atoms with Crippen LogP contribution in [0.1, 0.15) is 18.5 Å². The Labute approximate surface area is 131 Å². The van der Waals surface area contributed by atoms with E-state index in [4.69, 9.17) is 0 Å². The average Bonchev–Trinajstić information content (AvgIpc) is 3.22. The number of nitrogens with one attached hydrogen (secondary N) is 1. The van der Waals surface area contributed by atoms with E-state index in [2.05, 4.69) is 71.4 Å². The Kier molecular flexibility index (Phi) is 3.21. The highest BCUT2D eigenvalue weighted by Gasteiger charge is 2.27. The van der Waals surface area contributed by atoms with E-state index in [-0.39, 0.29) is 0 Å². The summed E-state index contributed by atoms with van der Waals surface area (Å²) >= 11 is 0. The zero-order chi connectivity index (χ0) is 15.1. The highest BCUT2D eigenvalue weighted by Crippen LogP contribution is 2.34. The van der Waals surface area contributed by atoms with Crippen molar-refractivity contribution in [1.82, 2.24) is 14.8 Å². The molecule has 1 aliphatic heterocycles. The summed E-state index contributed by atoms with van der Waals surface area (Å²) in [6.07, 6.45) is 7.29. The summed E-state index contributed by atoms with van der Waals surface area (Å²) in [4.78, 5) is 8.36. The van der Waals surface area contributed by atoms with E-state index in [1.165, 1.54) is 40.8 Å². The number of hydrogen-bond acceptors (Lipinski definition) is 2. The standard InChI is InChI=1S/C19H23N3/c1-21-11-5-7-16(19(21)22(2)13-14-9-10-14)18-12-15-6-3-4-8-17(15)20-18/h3-8,12,14,20H,9-11,13H2,1-2H3. The first-order valence-corrected chi connectivity index (χ1v) is 8.13. The molecule has 1 N–H and O–H groups in total. The highest BCUT2D eigenvalue weighted by atomic mass is 15.3. The molecule has 0 unspecified atom stereocenters. The normalized spacial score (nSPS) is 18.4. The van der Waals surface area contributed by atoms with E-state index in [9.17, 15) is 0 Å². The zero-order valence-corrected chi connectivity index (χ0v) is 13.3. The predicted molar refractivity (Wildman–Crippen MR) is 92.3 cm³/mol. The molecule has 2 aliphatic rings. The molecule has 114 valence electrons. The number of aromatic amines is 1. The molecular formula is C19H23N3. The van der Waals surface area contributed by atoms with Crippen LogP contribution in [0.15, 0.2) is 48.3 Å². The van der Waals surface area contributed by atoms with Crippen LogP contribution in [0.3, 0.4) is 0 Å². The van der Waals surface area contributed by atoms with Gasteiger partial charge in [0.2, 0.25) is 0 Å². The van der Waals surface area contributed by atoms with Crippen molar-refractivity contribution in [2.75, 3.05) is 27.2 Å². The topological polar surface area (TPSA) is 22.3 Å². The number of nitrogens with zero attached hydrogens (tertiary/aromatic N) is 2. The molecule has 1 aromatic carbocycles. The Bertz CT molecular complexity index is 716. The van der Waals surface area contributed by atoms with Gasteiger partial charge in [0.05, 0.1) is 5.69 Å². The number of hydrogen-bond donors (Lipinski definition) is 1. The summed E-state index contributed by atoms with van der Waals surface area (Å²) in [7, 11) is 4.41. The van der Waals surface area contributed by atoms with Crippen molar-refractivity contribution in [3.8, 4) is 0 Å². The van der Waals surface area contributed by atoms with Crippen LogP contribution in [0.25, 0.3) is 16.5 Å². The van der Waals surface area contributed by atoms with Crippen molar-refractivity contribution in [2.45, 2.75) is 12.8 Å². The first-order valence-electron chi connectivity index (χ1n) is 8.13. The summed E-state index contributed by atoms with van der Waals surface area (Å²) < 4.78 is 0. The van der Waals surface area contributed by atoms with Crippen LogP contribution in [0, 0.1) is 5.92 Å². The van der Waals surface area contributed by atoms with Crippen molar-refractivity contribution in [2.24, 2.45) is 5.92 Å². The van der Waals surface area contributed by atoms with Crippen LogP contribution in [0.2, 0.25) is 0 Å². The van der Waals surface area contributed by atoms with E-state index >= 15 is 0 Å². The van der Waals surface area contributed by atoms with Gasteiger partial charge in [-0.3, -0.25) is 0 Å². The van der Waals surface area contributed by atoms with Crippen molar-refractivity contribution < 1.29 is 0 Å². The first-order chi connectivity index (χ1) is 10.7. The van der Waals surface area contributed by atoms with Crippen LogP contribution in [0.5, 0.6) is 0 Å². The second-order valence-electron chi connectivity index (χ2n) is 6.61. The molecule has 1 fully saturated rings. The first kappa shape index (κ1) is 13.5. The molecule has 0 atom stereocenters. The molecule has 2 heterocycles. The molecule has 0 saturated heterocycles. The third-order valence-corrected chi connectivity index (χ3v) is 4.68. The maximum Gasteiger partial charge on any atom is 0.113 e. The summed E-state index contributed by atoms with van der Waals surface area (Å²) in [6.45, 7) is 2.14. The lowest BCUT2D eigenvalue weighted by molar-refractivity contribution is 0.276. The van der Waals surface area contributed by atoms with E-state index in [0.29, 0.717) is 0 Å². The fourth-order valence-corrected chi connectivity index (χ4v) is 3.40. The number of likely N-dealkylation sites (N-methyl/N-ethyl adjacent to an activating group) is 1. The minimum absolute atomic E-state index is 0.890. The lowest BCUT2D eigenvalue weighted by atomic mass is 10.1. The highest BCUT2D eigenvalue weighted by molar-refractivity contribution is 5.87. The second kappa shape index (κ2) is 5.24. The van der Waals surface area contributed by atoms with Crippen molar-refractivity contribution in [3.05, 3.63) is 54.0 Å². The lowest BCUT2D eigenvalue weighted by Crippen LogP contribution is -2.34. The smallest absolute Gasteiger partial charge is 0.113 e. The number of rotatable bonds is 4. The molecule has 1 saturated carbocycles. The Morgan fingerprint density at radius 1 is 1.27 bits per heavy atom. The van der Waals surface area contributed by atoms with Crippen molar-refractivity contribution in [3.63, 3.8) is 0 Å². The monoisotopic (exact) mass is 293 g/mol. The fraction of sp³-hybridized carbons (Fsp3) is 0.368. The van der Waals surface area contributed by atoms with Crippen LogP contribution < -0.4 is 0 Å². The fourth-order valence-electron chi connectivity index (χ4n) is 3.40. The van der Waals surface area contributed by atoms with Gasteiger partial charge < -0.3 is 14.8 Å². The van der Waals surface area contributed by atoms with E-state index in [1.807, 2.05) is 0 Å². The summed E-state index contributed by atoms with van der Waals surface area (Å²) in [5.74, 6) is 2.22. The molecule has 0 spiro atoms. The Morgan fingerprint density at radius 2 is 2.09 bits per heavy atom. The van der Waals surface area contributed by atoms with Gasteiger partial charge in [-0.05, 0) is 30.9 Å². The van der Waals surface area contributed by atoms with Crippen molar-refractivity contribution >= 4 is 16.5 Å². The third kappa shape index (κ3) is 2.41. The van der Waals surface area contributed by atoms with Crippen molar-refractivity contribution in [1.29, 1.82) is 0 Å². The summed E-state index contributed by atoms with van der Waals surface area (Å²) in [5.41, 5.74) is 3.71. The van der Waals surface area contributed by atoms with Gasteiger partial charge in [-0.15, -0.1) is 0 Å². The van der Waals surface area contributed by atoms with E-state index in [1.54, 1.807) is 0 Å². The molecule has 22 heavy (non-hydrogen) atoms. The summed E-state index contributed by atoms with van der Waals surface area (Å²) in [5, 5.41) is 1.27. The Balaban J connectivity index is 1.78. The summed E-state index contributed by atoms with van der Waals surface area (Å²) in [6, 6.07) is 10.7. The molecule has 0 bridgehead atoms. The molecule has 3 nitrogen and oxygen atoms in total. The number of H-pyrrole nitrogens is 1. The number of aromatic nitrogens is 1. The number of fused-ring (bicyclic) bond motifs is 1. The maximum atomic E-state index is 3.58. The minimum Gasteiger partial charge on any atom is -0.361 e. The second-order valence-corrected chi connectivity index (χ2v) is 6.61. The number of para-hydroxylation sites is 1. The third-order valence-electron chi connectivity index (χ3n) is 4.68. The van der Waals surface area contributed by atoms with Crippen LogP contribution in [-0.2, 0) is 0 Å². The van der Waals surface area contributed by atoms with Gasteiger partial charge >= 0.3 is 0 Å². The van der Waals surface area contributed by atoms with Crippen LogP contribution in [0.4, 0.5) is 0 Å². The molecule has 1 aliphatic carbocycles. The molecule has 2 aromatic rings. The lowest BCUT2D eigenvalue weighted by Gasteiger charge is -2.34.